The summed E-state index contributed by atoms with van der Waals surface area (Å²) in [7, 11) is 0.329. The van der Waals surface area contributed by atoms with E-state index in [-0.39, 0.29) is 12.5 Å². The maximum Gasteiger partial charge on any atom is 0.252 e. The van der Waals surface area contributed by atoms with E-state index in [0.717, 1.165) is 10.2 Å². The lowest BCUT2D eigenvalue weighted by Gasteiger charge is -2.33. The van der Waals surface area contributed by atoms with Crippen molar-refractivity contribution in [1.82, 2.24) is 14.2 Å². The summed E-state index contributed by atoms with van der Waals surface area (Å²) in [5.74, 6) is -0.487. The molecule has 2 aromatic heterocycles. The lowest BCUT2D eigenvalue weighted by atomic mass is 9.98. The second-order valence-corrected chi connectivity index (χ2v) is 12.6. The van der Waals surface area contributed by atoms with Crippen LogP contribution in [0.3, 0.4) is 0 Å². The Kier molecular flexibility index (Phi) is 7.18. The van der Waals surface area contributed by atoms with Crippen molar-refractivity contribution >= 4 is 65.6 Å². The third kappa shape index (κ3) is 5.00. The van der Waals surface area contributed by atoms with Gasteiger partial charge in [0.25, 0.3) is 10.0 Å². The first-order valence-corrected chi connectivity index (χ1v) is 13.8. The molecule has 1 aliphatic rings. The number of nitrogens with zero attached hydrogens (tertiary/aromatic N) is 4. The molecule has 0 aliphatic carbocycles. The molecule has 172 valence electrons. The van der Waals surface area contributed by atoms with Crippen molar-refractivity contribution in [2.75, 3.05) is 45.2 Å². The summed E-state index contributed by atoms with van der Waals surface area (Å²) in [6.45, 7) is 1.77. The van der Waals surface area contributed by atoms with E-state index < -0.39 is 15.9 Å². The fourth-order valence-corrected chi connectivity index (χ4v) is 7.66. The molecular formula is C21H25ClN4O3S3. The molecule has 1 unspecified atom stereocenters. The molecule has 1 fully saturated rings. The first kappa shape index (κ1) is 23.6. The van der Waals surface area contributed by atoms with Crippen molar-refractivity contribution < 1.29 is 13.2 Å². The maximum absolute atomic E-state index is 13.6. The Hall–Kier alpha value is -1.56. The fraction of sp³-hybridized carbons (Fsp3) is 0.429. The lowest BCUT2D eigenvalue weighted by Crippen LogP contribution is -2.48. The minimum absolute atomic E-state index is 0.0805. The predicted molar refractivity (Wildman–Crippen MR) is 131 cm³/mol. The number of rotatable bonds is 7. The van der Waals surface area contributed by atoms with E-state index in [0.29, 0.717) is 46.8 Å². The number of carbonyl (C=O) groups is 1. The lowest BCUT2D eigenvalue weighted by molar-refractivity contribution is -0.123. The minimum atomic E-state index is -3.58. The number of sulfonamides is 1. The summed E-state index contributed by atoms with van der Waals surface area (Å²) >= 11 is 8.76. The topological polar surface area (TPSA) is 73.8 Å². The van der Waals surface area contributed by atoms with Gasteiger partial charge in [-0.2, -0.15) is 4.31 Å². The number of carbonyl (C=O) groups excluding carboxylic acids is 1. The van der Waals surface area contributed by atoms with Gasteiger partial charge < -0.3 is 4.90 Å². The second kappa shape index (κ2) is 9.74. The Morgan fingerprint density at radius 2 is 2.09 bits per heavy atom. The summed E-state index contributed by atoms with van der Waals surface area (Å²) in [5, 5.41) is 3.00. The quantitative estimate of drug-likeness (QED) is 0.478. The summed E-state index contributed by atoms with van der Waals surface area (Å²) in [5.41, 5.74) is 0.794. The van der Waals surface area contributed by atoms with E-state index in [4.69, 9.17) is 11.6 Å². The smallest absolute Gasteiger partial charge is 0.252 e. The minimum Gasteiger partial charge on any atom is -0.308 e. The van der Waals surface area contributed by atoms with E-state index >= 15 is 0 Å². The van der Waals surface area contributed by atoms with Gasteiger partial charge in [0, 0.05) is 31.2 Å². The average Bonchev–Trinajstić information content (AvgIpc) is 3.44. The highest BCUT2D eigenvalue weighted by atomic mass is 35.5. The van der Waals surface area contributed by atoms with E-state index in [1.165, 1.54) is 27.0 Å². The molecule has 0 spiro atoms. The number of aromatic nitrogens is 1. The van der Waals surface area contributed by atoms with Crippen molar-refractivity contribution in [2.24, 2.45) is 5.92 Å². The van der Waals surface area contributed by atoms with Crippen LogP contribution in [0, 0.1) is 5.92 Å². The molecule has 0 bridgehead atoms. The van der Waals surface area contributed by atoms with Crippen molar-refractivity contribution in [1.29, 1.82) is 0 Å². The Bertz CT molecular complexity index is 1190. The molecule has 0 radical (unpaired) electrons. The van der Waals surface area contributed by atoms with Crippen molar-refractivity contribution in [3.63, 3.8) is 0 Å². The van der Waals surface area contributed by atoms with Gasteiger partial charge >= 0.3 is 0 Å². The van der Waals surface area contributed by atoms with Crippen LogP contribution in [0.4, 0.5) is 5.13 Å². The molecule has 11 heteroatoms. The van der Waals surface area contributed by atoms with Crippen LogP contribution in [0.1, 0.15) is 12.8 Å². The number of hydrogen-bond donors (Lipinski definition) is 0. The van der Waals surface area contributed by atoms with E-state index in [9.17, 15) is 13.2 Å². The molecule has 3 heterocycles. The largest absolute Gasteiger partial charge is 0.308 e. The van der Waals surface area contributed by atoms with Crippen LogP contribution in [0.15, 0.2) is 39.9 Å². The van der Waals surface area contributed by atoms with Gasteiger partial charge in [0.15, 0.2) is 5.13 Å². The highest BCUT2D eigenvalue weighted by Crippen LogP contribution is 2.33. The Balaban J connectivity index is 1.59. The number of fused-ring (bicyclic) bond motifs is 1. The number of amides is 1. The number of piperidine rings is 1. The zero-order valence-electron chi connectivity index (χ0n) is 17.9. The number of hydrogen-bond acceptors (Lipinski definition) is 7. The first-order valence-electron chi connectivity index (χ1n) is 10.3. The highest BCUT2D eigenvalue weighted by molar-refractivity contribution is 7.91. The number of anilines is 1. The highest BCUT2D eigenvalue weighted by Gasteiger charge is 2.36. The van der Waals surface area contributed by atoms with E-state index in [2.05, 4.69) is 4.98 Å². The molecule has 3 aromatic rings. The first-order chi connectivity index (χ1) is 15.3. The Morgan fingerprint density at radius 3 is 2.81 bits per heavy atom. The molecule has 1 aromatic carbocycles. The van der Waals surface area contributed by atoms with E-state index in [1.54, 1.807) is 28.5 Å². The predicted octanol–water partition coefficient (Wildman–Crippen LogP) is 4.01. The number of benzene rings is 1. The van der Waals surface area contributed by atoms with Gasteiger partial charge in [-0.05, 0) is 56.6 Å². The third-order valence-corrected chi connectivity index (χ3v) is 9.94. The van der Waals surface area contributed by atoms with Crippen LogP contribution in [0.2, 0.25) is 5.02 Å². The zero-order valence-corrected chi connectivity index (χ0v) is 21.1. The Labute approximate surface area is 201 Å². The van der Waals surface area contributed by atoms with Crippen LogP contribution < -0.4 is 4.90 Å². The van der Waals surface area contributed by atoms with Gasteiger partial charge in [-0.25, -0.2) is 13.4 Å². The summed E-state index contributed by atoms with van der Waals surface area (Å²) < 4.78 is 28.7. The number of thiazole rings is 1. The van der Waals surface area contributed by atoms with Crippen molar-refractivity contribution in [2.45, 2.75) is 17.1 Å². The molecule has 0 saturated carbocycles. The monoisotopic (exact) mass is 512 g/mol. The van der Waals surface area contributed by atoms with Gasteiger partial charge in [0.1, 0.15) is 4.21 Å². The molecule has 32 heavy (non-hydrogen) atoms. The molecule has 1 amide bonds. The van der Waals surface area contributed by atoms with Crippen LogP contribution in [0.25, 0.3) is 10.2 Å². The molecule has 0 N–H and O–H groups in total. The average molecular weight is 513 g/mol. The number of likely N-dealkylation sites (N-methyl/N-ethyl adjacent to an activating group) is 1. The number of thiophene rings is 1. The number of halogens is 1. The zero-order chi connectivity index (χ0) is 22.9. The van der Waals surface area contributed by atoms with Gasteiger partial charge in [-0.3, -0.25) is 9.69 Å². The van der Waals surface area contributed by atoms with Gasteiger partial charge in [0.05, 0.1) is 16.1 Å². The summed E-state index contributed by atoms with van der Waals surface area (Å²) in [6, 6.07) is 8.83. The van der Waals surface area contributed by atoms with Crippen molar-refractivity contribution in [3.05, 3.63) is 40.7 Å². The SMILES string of the molecule is CN(C)CCN(C(=O)C1CCCN(S(=O)(=O)c2cccs2)C1)c1nc2ccc(Cl)cc2s1. The molecule has 1 aliphatic heterocycles. The molecule has 4 rings (SSSR count). The fourth-order valence-electron chi connectivity index (χ4n) is 3.72. The third-order valence-electron chi connectivity index (χ3n) is 5.43. The van der Waals surface area contributed by atoms with Crippen LogP contribution in [0.5, 0.6) is 0 Å². The van der Waals surface area contributed by atoms with Crippen LogP contribution in [-0.4, -0.2) is 68.8 Å². The molecular weight excluding hydrogens is 488 g/mol. The summed E-state index contributed by atoms with van der Waals surface area (Å²) in [4.78, 5) is 22.0. The van der Waals surface area contributed by atoms with Crippen LogP contribution in [-0.2, 0) is 14.8 Å². The van der Waals surface area contributed by atoms with Gasteiger partial charge in [-0.1, -0.05) is 29.0 Å². The summed E-state index contributed by atoms with van der Waals surface area (Å²) in [6.07, 6.45) is 1.31. The maximum atomic E-state index is 13.6. The molecule has 1 atom stereocenters. The van der Waals surface area contributed by atoms with E-state index in [1.807, 2.05) is 31.1 Å². The normalized spacial score (nSPS) is 17.8. The van der Waals surface area contributed by atoms with Crippen LogP contribution >= 0.6 is 34.3 Å². The molecule has 7 nitrogen and oxygen atoms in total. The van der Waals surface area contributed by atoms with Gasteiger partial charge in [0.2, 0.25) is 5.91 Å². The molecule has 1 saturated heterocycles. The standard InChI is InChI=1S/C21H25ClN4O3S3/c1-24(2)10-11-26(21-23-17-8-7-16(22)13-18(17)31-21)20(27)15-5-3-9-25(14-15)32(28,29)19-6-4-12-30-19/h4,6-8,12-13,15H,3,5,9-11,14H2,1-2H3. The van der Waals surface area contributed by atoms with Gasteiger partial charge in [-0.15, -0.1) is 11.3 Å². The Morgan fingerprint density at radius 1 is 1.28 bits per heavy atom. The second-order valence-electron chi connectivity index (χ2n) is 8.04. The van der Waals surface area contributed by atoms with Crippen molar-refractivity contribution in [3.8, 4) is 0 Å².